The molecule has 0 saturated carbocycles. The molecule has 7 nitrogen and oxygen atoms in total. The van der Waals surface area contributed by atoms with Crippen LogP contribution in [0.25, 0.3) is 0 Å². The average Bonchev–Trinajstić information content (AvgIpc) is 2.72. The number of anilines is 1. The highest BCUT2D eigenvalue weighted by Gasteiger charge is 2.06. The van der Waals surface area contributed by atoms with E-state index in [9.17, 15) is 0 Å². The molecule has 0 radical (unpaired) electrons. The zero-order valence-corrected chi connectivity index (χ0v) is 16.8. The molecule has 2 N–H and O–H groups in total. The van der Waals surface area contributed by atoms with Crippen molar-refractivity contribution in [3.05, 3.63) is 54.6 Å². The first kappa shape index (κ1) is 21.0. The van der Waals surface area contributed by atoms with E-state index in [-0.39, 0.29) is 0 Å². The maximum absolute atomic E-state index is 5.52. The fourth-order valence-electron chi connectivity index (χ4n) is 2.27. The Labute approximate surface area is 169 Å². The Bertz CT molecular complexity index is 855. The predicted octanol–water partition coefficient (Wildman–Crippen LogP) is 3.60. The summed E-state index contributed by atoms with van der Waals surface area (Å²) in [6.45, 7) is 4.03. The summed E-state index contributed by atoms with van der Waals surface area (Å²) < 4.78 is 21.3. The van der Waals surface area contributed by atoms with E-state index in [2.05, 4.69) is 22.4 Å². The number of nitrogens with one attached hydrogen (secondary N) is 2. The number of rotatable bonds is 9. The molecule has 0 aliphatic carbocycles. The summed E-state index contributed by atoms with van der Waals surface area (Å²) in [6, 6.07) is 10.9. The highest BCUT2D eigenvalue weighted by Crippen LogP contribution is 2.30. The number of hydrazone groups is 1. The van der Waals surface area contributed by atoms with Gasteiger partial charge < -0.3 is 24.3 Å². The lowest BCUT2D eigenvalue weighted by molar-refractivity contribution is 0.326. The van der Waals surface area contributed by atoms with Crippen molar-refractivity contribution in [2.24, 2.45) is 5.10 Å². The molecule has 0 bridgehead atoms. The Morgan fingerprint density at radius 3 is 2.36 bits per heavy atom. The van der Waals surface area contributed by atoms with Crippen LogP contribution >= 0.6 is 12.2 Å². The summed E-state index contributed by atoms with van der Waals surface area (Å²) >= 11 is 5.25. The van der Waals surface area contributed by atoms with Crippen LogP contribution < -0.4 is 29.7 Å². The van der Waals surface area contributed by atoms with Crippen LogP contribution in [0.2, 0.25) is 0 Å². The van der Waals surface area contributed by atoms with Gasteiger partial charge in [0.1, 0.15) is 6.61 Å². The van der Waals surface area contributed by atoms with Crippen LogP contribution in [0, 0.1) is 0 Å². The third-order valence-electron chi connectivity index (χ3n) is 3.57. The van der Waals surface area contributed by atoms with Crippen molar-refractivity contribution in [3.63, 3.8) is 0 Å². The van der Waals surface area contributed by atoms with Gasteiger partial charge in [-0.05, 0) is 48.1 Å². The van der Waals surface area contributed by atoms with Gasteiger partial charge in [-0.25, -0.2) is 0 Å². The third kappa shape index (κ3) is 5.88. The molecule has 0 spiro atoms. The number of methoxy groups -OCH3 is 3. The van der Waals surface area contributed by atoms with Gasteiger partial charge >= 0.3 is 0 Å². The average molecular weight is 401 g/mol. The highest BCUT2D eigenvalue weighted by atomic mass is 32.1. The van der Waals surface area contributed by atoms with Crippen LogP contribution in [0.1, 0.15) is 5.56 Å². The molecule has 0 heterocycles. The standard InChI is InChI=1S/C20H23N3O4S/c1-5-10-27-17-8-6-14(11-18(17)25-3)13-21-23-20(28)22-15-7-9-16(24-2)19(12-15)26-4/h5-9,11-13H,1,10H2,2-4H3,(H2,22,23,28)/b21-13-. The second-order valence-corrected chi connectivity index (χ2v) is 5.81. The molecule has 0 aliphatic rings. The molecular formula is C20H23N3O4S. The molecule has 0 aliphatic heterocycles. The second kappa shape index (κ2) is 10.8. The van der Waals surface area contributed by atoms with E-state index in [4.69, 9.17) is 31.2 Å². The van der Waals surface area contributed by atoms with Gasteiger partial charge in [-0.3, -0.25) is 5.43 Å². The number of hydrogen-bond acceptors (Lipinski definition) is 6. The van der Waals surface area contributed by atoms with E-state index in [1.165, 1.54) is 0 Å². The molecule has 28 heavy (non-hydrogen) atoms. The molecule has 0 amide bonds. The highest BCUT2D eigenvalue weighted by molar-refractivity contribution is 7.80. The summed E-state index contributed by atoms with van der Waals surface area (Å²) in [5.74, 6) is 2.49. The van der Waals surface area contributed by atoms with Crippen LogP contribution in [0.5, 0.6) is 23.0 Å². The predicted molar refractivity (Wildman–Crippen MR) is 115 cm³/mol. The quantitative estimate of drug-likeness (QED) is 0.288. The number of benzene rings is 2. The van der Waals surface area contributed by atoms with Gasteiger partial charge in [0, 0.05) is 11.8 Å². The Morgan fingerprint density at radius 2 is 1.68 bits per heavy atom. The molecular weight excluding hydrogens is 378 g/mol. The van der Waals surface area contributed by atoms with E-state index in [1.54, 1.807) is 45.8 Å². The lowest BCUT2D eigenvalue weighted by atomic mass is 10.2. The Kier molecular flexibility index (Phi) is 8.11. The molecule has 0 atom stereocenters. The first-order valence-electron chi connectivity index (χ1n) is 8.35. The molecule has 0 fully saturated rings. The number of thiocarbonyl (C=S) groups is 1. The summed E-state index contributed by atoms with van der Waals surface area (Å²) in [7, 11) is 4.74. The SMILES string of the molecule is C=CCOc1ccc(/C=N\NC(=S)Nc2ccc(OC)c(OC)c2)cc1OC. The van der Waals surface area contributed by atoms with Crippen molar-refractivity contribution in [2.45, 2.75) is 0 Å². The smallest absolute Gasteiger partial charge is 0.191 e. The van der Waals surface area contributed by atoms with Gasteiger partial charge in [0.2, 0.25) is 0 Å². The summed E-state index contributed by atoms with van der Waals surface area (Å²) in [5.41, 5.74) is 4.33. The lowest BCUT2D eigenvalue weighted by Gasteiger charge is -2.11. The van der Waals surface area contributed by atoms with Crippen molar-refractivity contribution in [1.29, 1.82) is 0 Å². The van der Waals surface area contributed by atoms with Gasteiger partial charge in [0.15, 0.2) is 28.1 Å². The van der Waals surface area contributed by atoms with E-state index < -0.39 is 0 Å². The minimum Gasteiger partial charge on any atom is -0.493 e. The minimum atomic E-state index is 0.335. The minimum absolute atomic E-state index is 0.335. The maximum Gasteiger partial charge on any atom is 0.191 e. The summed E-state index contributed by atoms with van der Waals surface area (Å²) in [5, 5.41) is 7.49. The van der Waals surface area contributed by atoms with E-state index in [1.807, 2.05) is 24.3 Å². The van der Waals surface area contributed by atoms with Crippen LogP contribution in [0.4, 0.5) is 5.69 Å². The zero-order chi connectivity index (χ0) is 20.4. The van der Waals surface area contributed by atoms with Crippen molar-refractivity contribution in [1.82, 2.24) is 5.43 Å². The summed E-state index contributed by atoms with van der Waals surface area (Å²) in [6.07, 6.45) is 3.30. The Hall–Kier alpha value is -3.26. The van der Waals surface area contributed by atoms with Gasteiger partial charge in [-0.1, -0.05) is 12.7 Å². The zero-order valence-electron chi connectivity index (χ0n) is 16.0. The van der Waals surface area contributed by atoms with Crippen LogP contribution in [-0.4, -0.2) is 39.3 Å². The van der Waals surface area contributed by atoms with E-state index in [0.717, 1.165) is 11.3 Å². The normalized spacial score (nSPS) is 10.2. The molecule has 0 unspecified atom stereocenters. The number of ether oxygens (including phenoxy) is 4. The first-order valence-corrected chi connectivity index (χ1v) is 8.76. The topological polar surface area (TPSA) is 73.3 Å². The molecule has 8 heteroatoms. The monoisotopic (exact) mass is 401 g/mol. The second-order valence-electron chi connectivity index (χ2n) is 5.40. The van der Waals surface area contributed by atoms with Gasteiger partial charge in [0.05, 0.1) is 27.5 Å². The van der Waals surface area contributed by atoms with Gasteiger partial charge in [-0.2, -0.15) is 5.10 Å². The molecule has 0 aromatic heterocycles. The molecule has 148 valence electrons. The van der Waals surface area contributed by atoms with Gasteiger partial charge in [0.25, 0.3) is 0 Å². The summed E-state index contributed by atoms with van der Waals surface area (Å²) in [4.78, 5) is 0. The number of hydrogen-bond donors (Lipinski definition) is 2. The molecule has 2 aromatic rings. The Balaban J connectivity index is 1.96. The Morgan fingerprint density at radius 1 is 1.00 bits per heavy atom. The molecule has 2 aromatic carbocycles. The van der Waals surface area contributed by atoms with Crippen molar-refractivity contribution < 1.29 is 18.9 Å². The third-order valence-corrected chi connectivity index (χ3v) is 3.76. The van der Waals surface area contributed by atoms with Crippen molar-refractivity contribution in [2.75, 3.05) is 33.3 Å². The fraction of sp³-hybridized carbons (Fsp3) is 0.200. The van der Waals surface area contributed by atoms with E-state index >= 15 is 0 Å². The fourth-order valence-corrected chi connectivity index (χ4v) is 2.44. The van der Waals surface area contributed by atoms with Crippen molar-refractivity contribution >= 4 is 29.2 Å². The largest absolute Gasteiger partial charge is 0.493 e. The van der Waals surface area contributed by atoms with Crippen LogP contribution in [-0.2, 0) is 0 Å². The maximum atomic E-state index is 5.52. The van der Waals surface area contributed by atoms with E-state index in [0.29, 0.717) is 34.7 Å². The lowest BCUT2D eigenvalue weighted by Crippen LogP contribution is -2.23. The van der Waals surface area contributed by atoms with Gasteiger partial charge in [-0.15, -0.1) is 0 Å². The molecule has 2 rings (SSSR count). The molecule has 0 saturated heterocycles. The first-order chi connectivity index (χ1) is 13.6. The van der Waals surface area contributed by atoms with Crippen LogP contribution in [0.3, 0.4) is 0 Å². The van der Waals surface area contributed by atoms with Crippen LogP contribution in [0.15, 0.2) is 54.2 Å². The van der Waals surface area contributed by atoms with Crippen molar-refractivity contribution in [3.8, 4) is 23.0 Å². The number of nitrogens with zero attached hydrogens (tertiary/aromatic N) is 1.